The fourth-order valence-corrected chi connectivity index (χ4v) is 4.51. The maximum absolute atomic E-state index is 4.58. The van der Waals surface area contributed by atoms with E-state index in [1.54, 1.807) is 0 Å². The Balaban J connectivity index is 1.82. The van der Waals surface area contributed by atoms with E-state index in [0.717, 1.165) is 0 Å². The molecule has 0 radical (unpaired) electrons. The molecule has 1 nitrogen and oxygen atoms in total. The summed E-state index contributed by atoms with van der Waals surface area (Å²) in [6, 6.07) is 36.8. The fraction of sp³-hybridized carbons (Fsp3) is 0.0741. The first kappa shape index (κ1) is 16.7. The predicted molar refractivity (Wildman–Crippen MR) is 118 cm³/mol. The second-order valence-corrected chi connectivity index (χ2v) is 7.26. The Bertz CT molecular complexity index is 1110. The lowest BCUT2D eigenvalue weighted by atomic mass is 9.63. The maximum Gasteiger partial charge on any atom is 0.0517 e. The molecule has 0 saturated heterocycles. The average Bonchev–Trinajstić information content (AvgIpc) is 2.80. The third-order valence-corrected chi connectivity index (χ3v) is 5.81. The molecular formula is C27H21N. The molecule has 5 rings (SSSR count). The monoisotopic (exact) mass is 359 g/mol. The van der Waals surface area contributed by atoms with E-state index in [1.807, 2.05) is 6.20 Å². The zero-order chi connectivity index (χ0) is 18.8. The van der Waals surface area contributed by atoms with E-state index in [4.69, 9.17) is 0 Å². The second kappa shape index (κ2) is 6.94. The van der Waals surface area contributed by atoms with Gasteiger partial charge in [-0.2, -0.15) is 0 Å². The second-order valence-electron chi connectivity index (χ2n) is 7.26. The number of fused-ring (bicyclic) bond motifs is 1. The Hall–Kier alpha value is -3.45. The number of aliphatic imine (C=N–C) groups is 1. The summed E-state index contributed by atoms with van der Waals surface area (Å²) in [6.07, 6.45) is 6.33. The minimum absolute atomic E-state index is 0.105. The average molecular weight is 359 g/mol. The van der Waals surface area contributed by atoms with Crippen molar-refractivity contribution >= 4 is 17.0 Å². The lowest BCUT2D eigenvalue weighted by Gasteiger charge is -2.40. The highest BCUT2D eigenvalue weighted by Gasteiger charge is 2.41. The number of hydrogen-bond donors (Lipinski definition) is 0. The molecule has 0 aliphatic carbocycles. The van der Waals surface area contributed by atoms with E-state index in [0.29, 0.717) is 0 Å². The van der Waals surface area contributed by atoms with Crippen LogP contribution in [0.3, 0.4) is 0 Å². The summed E-state index contributed by atoms with van der Waals surface area (Å²) in [4.78, 5) is 4.58. The zero-order valence-corrected chi connectivity index (χ0v) is 15.6. The van der Waals surface area contributed by atoms with Crippen LogP contribution >= 0.6 is 0 Å². The van der Waals surface area contributed by atoms with E-state index >= 15 is 0 Å². The molecule has 0 fully saturated rings. The fourth-order valence-electron chi connectivity index (χ4n) is 4.51. The van der Waals surface area contributed by atoms with Gasteiger partial charge in [0.25, 0.3) is 0 Å². The Morgan fingerprint density at radius 2 is 1.21 bits per heavy atom. The van der Waals surface area contributed by atoms with Crippen LogP contribution in [-0.2, 0) is 5.41 Å². The van der Waals surface area contributed by atoms with Crippen LogP contribution in [0.25, 0.3) is 10.8 Å². The number of nitrogens with zero attached hydrogens (tertiary/aromatic N) is 1. The van der Waals surface area contributed by atoms with Gasteiger partial charge in [0.2, 0.25) is 0 Å². The molecule has 4 aromatic rings. The molecule has 1 aliphatic heterocycles. The summed E-state index contributed by atoms with van der Waals surface area (Å²) >= 11 is 0. The van der Waals surface area contributed by atoms with Gasteiger partial charge in [-0.15, -0.1) is 0 Å². The van der Waals surface area contributed by atoms with E-state index in [2.05, 4.69) is 120 Å². The van der Waals surface area contributed by atoms with Crippen LogP contribution in [0.1, 0.15) is 22.6 Å². The van der Waals surface area contributed by atoms with Crippen molar-refractivity contribution in [3.05, 3.63) is 132 Å². The summed E-state index contributed by atoms with van der Waals surface area (Å²) in [5, 5.41) is 2.55. The van der Waals surface area contributed by atoms with Gasteiger partial charge in [0.15, 0.2) is 0 Å². The van der Waals surface area contributed by atoms with Gasteiger partial charge in [0.1, 0.15) is 0 Å². The standard InChI is InChI=1S/C27H21N/c1-3-12-22(13-4-1)27(23-14-5-2-6-15-23)18-19-28-20-26(27)25-17-9-11-21-10-7-8-16-24(21)25/h1-20,26H. The first-order chi connectivity index (χ1) is 13.9. The quantitative estimate of drug-likeness (QED) is 0.395. The van der Waals surface area contributed by atoms with Crippen molar-refractivity contribution < 1.29 is 0 Å². The van der Waals surface area contributed by atoms with Gasteiger partial charge in [0, 0.05) is 18.3 Å². The SMILES string of the molecule is C1=CC(c2ccccc2)(c2ccccc2)C(c2cccc3ccccc23)C=N1. The Morgan fingerprint density at radius 3 is 1.93 bits per heavy atom. The first-order valence-corrected chi connectivity index (χ1v) is 9.69. The normalized spacial score (nSPS) is 17.6. The molecule has 28 heavy (non-hydrogen) atoms. The van der Waals surface area contributed by atoms with Crippen LogP contribution < -0.4 is 0 Å². The van der Waals surface area contributed by atoms with Crippen LogP contribution in [-0.4, -0.2) is 6.21 Å². The van der Waals surface area contributed by atoms with Gasteiger partial charge in [-0.25, -0.2) is 0 Å². The van der Waals surface area contributed by atoms with Gasteiger partial charge in [-0.1, -0.05) is 109 Å². The van der Waals surface area contributed by atoms with Gasteiger partial charge in [-0.05, 0) is 27.5 Å². The van der Waals surface area contributed by atoms with E-state index < -0.39 is 0 Å². The van der Waals surface area contributed by atoms with Crippen LogP contribution in [0.5, 0.6) is 0 Å². The maximum atomic E-state index is 4.58. The predicted octanol–water partition coefficient (Wildman–Crippen LogP) is 6.51. The molecular weight excluding hydrogens is 338 g/mol. The topological polar surface area (TPSA) is 12.4 Å². The number of hydrogen-bond acceptors (Lipinski definition) is 1. The van der Waals surface area contributed by atoms with Crippen LogP contribution in [0.4, 0.5) is 0 Å². The van der Waals surface area contributed by atoms with E-state index in [1.165, 1.54) is 27.5 Å². The van der Waals surface area contributed by atoms with Crippen molar-refractivity contribution in [1.82, 2.24) is 0 Å². The van der Waals surface area contributed by atoms with Crippen LogP contribution in [0, 0.1) is 0 Å². The Kier molecular flexibility index (Phi) is 4.14. The third kappa shape index (κ3) is 2.59. The van der Waals surface area contributed by atoms with Crippen molar-refractivity contribution in [3.63, 3.8) is 0 Å². The van der Waals surface area contributed by atoms with E-state index in [9.17, 15) is 0 Å². The van der Waals surface area contributed by atoms with Gasteiger partial charge >= 0.3 is 0 Å². The van der Waals surface area contributed by atoms with Crippen molar-refractivity contribution in [2.45, 2.75) is 11.3 Å². The third-order valence-electron chi connectivity index (χ3n) is 5.81. The van der Waals surface area contributed by atoms with Gasteiger partial charge in [-0.3, -0.25) is 4.99 Å². The highest BCUT2D eigenvalue weighted by atomic mass is 14.7. The summed E-state index contributed by atoms with van der Waals surface area (Å²) in [7, 11) is 0. The Labute approximate surface area is 165 Å². The summed E-state index contributed by atoms with van der Waals surface area (Å²) < 4.78 is 0. The van der Waals surface area contributed by atoms with E-state index in [-0.39, 0.29) is 11.3 Å². The first-order valence-electron chi connectivity index (χ1n) is 9.69. The smallest absolute Gasteiger partial charge is 0.0517 e. The zero-order valence-electron chi connectivity index (χ0n) is 15.6. The summed E-state index contributed by atoms with van der Waals surface area (Å²) in [5.41, 5.74) is 3.57. The van der Waals surface area contributed by atoms with Crippen molar-refractivity contribution in [2.24, 2.45) is 4.99 Å². The largest absolute Gasteiger partial charge is 0.269 e. The highest BCUT2D eigenvalue weighted by molar-refractivity contribution is 5.91. The molecule has 1 heteroatoms. The molecule has 0 spiro atoms. The van der Waals surface area contributed by atoms with Crippen molar-refractivity contribution in [1.29, 1.82) is 0 Å². The highest BCUT2D eigenvalue weighted by Crippen LogP contribution is 2.47. The lowest BCUT2D eigenvalue weighted by Crippen LogP contribution is -2.35. The summed E-state index contributed by atoms with van der Waals surface area (Å²) in [5.74, 6) is 0.105. The number of allylic oxidation sites excluding steroid dienone is 1. The molecule has 134 valence electrons. The molecule has 1 atom stereocenters. The van der Waals surface area contributed by atoms with Gasteiger partial charge < -0.3 is 0 Å². The van der Waals surface area contributed by atoms with Crippen LogP contribution in [0.2, 0.25) is 0 Å². The van der Waals surface area contributed by atoms with Crippen molar-refractivity contribution in [3.8, 4) is 0 Å². The minimum atomic E-state index is -0.297. The molecule has 0 saturated carbocycles. The number of rotatable bonds is 3. The minimum Gasteiger partial charge on any atom is -0.269 e. The molecule has 0 N–H and O–H groups in total. The molecule has 1 heterocycles. The molecule has 0 aromatic heterocycles. The Morgan fingerprint density at radius 1 is 0.607 bits per heavy atom. The lowest BCUT2D eigenvalue weighted by molar-refractivity contribution is 0.597. The van der Waals surface area contributed by atoms with Gasteiger partial charge in [0.05, 0.1) is 5.41 Å². The molecule has 1 aliphatic rings. The molecule has 0 amide bonds. The number of benzene rings is 4. The molecule has 0 bridgehead atoms. The van der Waals surface area contributed by atoms with Crippen LogP contribution in [0.15, 0.2) is 120 Å². The summed E-state index contributed by atoms with van der Waals surface area (Å²) in [6.45, 7) is 0. The van der Waals surface area contributed by atoms with Crippen molar-refractivity contribution in [2.75, 3.05) is 0 Å². The molecule has 1 unspecified atom stereocenters. The molecule has 4 aromatic carbocycles.